The summed E-state index contributed by atoms with van der Waals surface area (Å²) in [6.07, 6.45) is 3.44. The number of benzene rings is 1. The number of rotatable bonds is 5. The third-order valence-electron chi connectivity index (χ3n) is 3.64. The Hall–Kier alpha value is -2.04. The quantitative estimate of drug-likeness (QED) is 0.783. The molecular formula is C17H25N3O2. The van der Waals surface area contributed by atoms with Gasteiger partial charge < -0.3 is 16.0 Å². The van der Waals surface area contributed by atoms with Crippen LogP contribution < -0.4 is 16.0 Å². The van der Waals surface area contributed by atoms with Crippen molar-refractivity contribution < 1.29 is 9.59 Å². The number of hydrogen-bond donors (Lipinski definition) is 3. The Morgan fingerprint density at radius 2 is 1.91 bits per heavy atom. The lowest BCUT2D eigenvalue weighted by Crippen LogP contribution is -2.37. The van der Waals surface area contributed by atoms with Crippen LogP contribution in [0.4, 0.5) is 11.4 Å². The Bertz CT molecular complexity index is 511. The predicted octanol–water partition coefficient (Wildman–Crippen LogP) is 2.75. The van der Waals surface area contributed by atoms with Gasteiger partial charge >= 0.3 is 0 Å². The fourth-order valence-corrected chi connectivity index (χ4v) is 2.51. The van der Waals surface area contributed by atoms with Crippen LogP contribution in [0.1, 0.15) is 39.5 Å². The summed E-state index contributed by atoms with van der Waals surface area (Å²) in [4.78, 5) is 23.6. The largest absolute Gasteiger partial charge is 0.374 e. The molecule has 2 amide bonds. The van der Waals surface area contributed by atoms with E-state index < -0.39 is 0 Å². The third kappa shape index (κ3) is 5.06. The summed E-state index contributed by atoms with van der Waals surface area (Å²) in [5, 5.41) is 9.05. The molecule has 0 spiro atoms. The van der Waals surface area contributed by atoms with E-state index in [1.807, 2.05) is 38.1 Å². The van der Waals surface area contributed by atoms with Crippen molar-refractivity contribution >= 4 is 23.2 Å². The molecule has 0 unspecified atom stereocenters. The average Bonchev–Trinajstić information content (AvgIpc) is 2.65. The van der Waals surface area contributed by atoms with Crippen LogP contribution in [0.15, 0.2) is 24.3 Å². The third-order valence-corrected chi connectivity index (χ3v) is 3.64. The summed E-state index contributed by atoms with van der Waals surface area (Å²) in [5.41, 5.74) is 1.67. The normalized spacial score (nSPS) is 18.5. The van der Waals surface area contributed by atoms with Crippen LogP contribution in [-0.4, -0.2) is 24.4 Å². The van der Waals surface area contributed by atoms with Gasteiger partial charge in [-0.2, -0.15) is 0 Å². The Kier molecular flexibility index (Phi) is 5.81. The van der Waals surface area contributed by atoms with Crippen LogP contribution in [0, 0.1) is 5.92 Å². The zero-order valence-corrected chi connectivity index (χ0v) is 13.3. The van der Waals surface area contributed by atoms with Crippen molar-refractivity contribution in [2.75, 3.05) is 17.2 Å². The molecule has 1 saturated heterocycles. The number of anilines is 2. The van der Waals surface area contributed by atoms with Crippen molar-refractivity contribution in [2.45, 2.75) is 45.6 Å². The van der Waals surface area contributed by atoms with E-state index in [4.69, 9.17) is 0 Å². The highest BCUT2D eigenvalue weighted by molar-refractivity contribution is 5.91. The molecule has 1 heterocycles. The molecule has 22 heavy (non-hydrogen) atoms. The van der Waals surface area contributed by atoms with Gasteiger partial charge in [0.2, 0.25) is 11.8 Å². The summed E-state index contributed by atoms with van der Waals surface area (Å²) in [7, 11) is 0. The Morgan fingerprint density at radius 1 is 1.23 bits per heavy atom. The second-order valence-corrected chi connectivity index (χ2v) is 6.21. The Labute approximate surface area is 131 Å². The standard InChI is InChI=1S/C17H25N3O2/c1-12(2)11-16(21)20-14-8-6-13(7-9-14)19-15-5-3-4-10-18-17(15)22/h6-9,12,15,19H,3-5,10-11H2,1-2H3,(H,18,22)(H,20,21)/t15-/m1/s1. The number of hydrogen-bond acceptors (Lipinski definition) is 3. The Morgan fingerprint density at radius 3 is 2.59 bits per heavy atom. The van der Waals surface area contributed by atoms with Crippen molar-refractivity contribution in [3.8, 4) is 0 Å². The van der Waals surface area contributed by atoms with Gasteiger partial charge in [0.05, 0.1) is 0 Å². The molecule has 1 aromatic rings. The van der Waals surface area contributed by atoms with E-state index in [2.05, 4.69) is 16.0 Å². The SMILES string of the molecule is CC(C)CC(=O)Nc1ccc(N[C@@H]2CCCCNC2=O)cc1. The monoisotopic (exact) mass is 303 g/mol. The van der Waals surface area contributed by atoms with Crippen molar-refractivity contribution in [3.63, 3.8) is 0 Å². The van der Waals surface area contributed by atoms with Gasteiger partial charge in [0.25, 0.3) is 0 Å². The number of carbonyl (C=O) groups excluding carboxylic acids is 2. The molecule has 0 radical (unpaired) electrons. The molecular weight excluding hydrogens is 278 g/mol. The highest BCUT2D eigenvalue weighted by Gasteiger charge is 2.20. The number of amides is 2. The second kappa shape index (κ2) is 7.82. The predicted molar refractivity (Wildman–Crippen MR) is 88.8 cm³/mol. The molecule has 0 bridgehead atoms. The number of carbonyl (C=O) groups is 2. The molecule has 1 aliphatic heterocycles. The van der Waals surface area contributed by atoms with Gasteiger partial charge in [0.1, 0.15) is 6.04 Å². The van der Waals surface area contributed by atoms with E-state index in [-0.39, 0.29) is 17.9 Å². The van der Waals surface area contributed by atoms with E-state index in [1.165, 1.54) is 0 Å². The van der Waals surface area contributed by atoms with Crippen molar-refractivity contribution in [2.24, 2.45) is 5.92 Å². The van der Waals surface area contributed by atoms with Gasteiger partial charge in [-0.15, -0.1) is 0 Å². The molecule has 0 aromatic heterocycles. The maximum absolute atomic E-state index is 11.9. The lowest BCUT2D eigenvalue weighted by atomic mass is 10.1. The van der Waals surface area contributed by atoms with Crippen LogP contribution in [0.25, 0.3) is 0 Å². The van der Waals surface area contributed by atoms with Gasteiger partial charge in [-0.1, -0.05) is 13.8 Å². The molecule has 2 rings (SSSR count). The summed E-state index contributed by atoms with van der Waals surface area (Å²) in [5.74, 6) is 0.431. The minimum Gasteiger partial charge on any atom is -0.374 e. The lowest BCUT2D eigenvalue weighted by molar-refractivity contribution is -0.121. The van der Waals surface area contributed by atoms with Gasteiger partial charge in [-0.05, 0) is 49.4 Å². The molecule has 0 saturated carbocycles. The highest BCUT2D eigenvalue weighted by atomic mass is 16.2. The van der Waals surface area contributed by atoms with Crippen LogP contribution in [0.5, 0.6) is 0 Å². The first-order valence-electron chi connectivity index (χ1n) is 7.99. The Balaban J connectivity index is 1.91. The van der Waals surface area contributed by atoms with E-state index >= 15 is 0 Å². The molecule has 5 nitrogen and oxygen atoms in total. The summed E-state index contributed by atoms with van der Waals surface area (Å²) in [6.45, 7) is 4.80. The fourth-order valence-electron chi connectivity index (χ4n) is 2.51. The zero-order valence-electron chi connectivity index (χ0n) is 13.3. The molecule has 1 aliphatic rings. The van der Waals surface area contributed by atoms with Crippen LogP contribution >= 0.6 is 0 Å². The minimum absolute atomic E-state index is 0.0267. The minimum atomic E-state index is -0.177. The van der Waals surface area contributed by atoms with Gasteiger partial charge in [0.15, 0.2) is 0 Å². The first kappa shape index (κ1) is 16.3. The fraction of sp³-hybridized carbons (Fsp3) is 0.529. The maximum Gasteiger partial charge on any atom is 0.242 e. The molecule has 120 valence electrons. The molecule has 1 atom stereocenters. The second-order valence-electron chi connectivity index (χ2n) is 6.21. The smallest absolute Gasteiger partial charge is 0.242 e. The lowest BCUT2D eigenvalue weighted by Gasteiger charge is -2.17. The van der Waals surface area contributed by atoms with Crippen LogP contribution in [-0.2, 0) is 9.59 Å². The van der Waals surface area contributed by atoms with Gasteiger partial charge in [0, 0.05) is 24.3 Å². The average molecular weight is 303 g/mol. The van der Waals surface area contributed by atoms with Gasteiger partial charge in [-0.25, -0.2) is 0 Å². The van der Waals surface area contributed by atoms with E-state index in [1.54, 1.807) is 0 Å². The topological polar surface area (TPSA) is 70.2 Å². The summed E-state index contributed by atoms with van der Waals surface area (Å²) in [6, 6.07) is 7.32. The first-order valence-corrected chi connectivity index (χ1v) is 7.99. The highest BCUT2D eigenvalue weighted by Crippen LogP contribution is 2.17. The summed E-state index contributed by atoms with van der Waals surface area (Å²) >= 11 is 0. The van der Waals surface area contributed by atoms with Crippen molar-refractivity contribution in [1.82, 2.24) is 5.32 Å². The van der Waals surface area contributed by atoms with Crippen molar-refractivity contribution in [3.05, 3.63) is 24.3 Å². The molecule has 0 aliphatic carbocycles. The molecule has 1 aromatic carbocycles. The van der Waals surface area contributed by atoms with Crippen LogP contribution in [0.2, 0.25) is 0 Å². The maximum atomic E-state index is 11.9. The number of nitrogens with one attached hydrogen (secondary N) is 3. The van der Waals surface area contributed by atoms with Crippen molar-refractivity contribution in [1.29, 1.82) is 0 Å². The molecule has 3 N–H and O–H groups in total. The van der Waals surface area contributed by atoms with Gasteiger partial charge in [-0.3, -0.25) is 9.59 Å². The van der Waals surface area contributed by atoms with Crippen LogP contribution in [0.3, 0.4) is 0 Å². The molecule has 5 heteroatoms. The van der Waals surface area contributed by atoms with E-state index in [0.29, 0.717) is 12.3 Å². The summed E-state index contributed by atoms with van der Waals surface area (Å²) < 4.78 is 0. The zero-order chi connectivity index (χ0) is 15.9. The van der Waals surface area contributed by atoms with E-state index in [9.17, 15) is 9.59 Å². The first-order chi connectivity index (χ1) is 10.5. The van der Waals surface area contributed by atoms with E-state index in [0.717, 1.165) is 37.2 Å². The molecule has 1 fully saturated rings.